The lowest BCUT2D eigenvalue weighted by molar-refractivity contribution is 0.661. The molecule has 0 aliphatic carbocycles. The number of furan rings is 1. The lowest BCUT2D eigenvalue weighted by Crippen LogP contribution is -2.36. The molecule has 1 aromatic heterocycles. The van der Waals surface area contributed by atoms with Gasteiger partial charge in [0.1, 0.15) is 11.7 Å². The minimum Gasteiger partial charge on any atom is -0.454 e. The molecule has 0 spiro atoms. The monoisotopic (exact) mass is 331 g/mol. The van der Waals surface area contributed by atoms with Crippen LogP contribution in [0.25, 0.3) is 21.9 Å². The van der Waals surface area contributed by atoms with Crippen LogP contribution in [-0.4, -0.2) is 13.1 Å². The van der Waals surface area contributed by atoms with Gasteiger partial charge in [-0.1, -0.05) is 42.5 Å². The molecule has 2 heterocycles. The summed E-state index contributed by atoms with van der Waals surface area (Å²) in [6.45, 7) is 1.72. The molecule has 3 nitrogen and oxygen atoms in total. The Labute approximate surface area is 151 Å². The Kier molecular flexibility index (Phi) is 2.33. The van der Waals surface area contributed by atoms with E-state index < -0.39 is 6.98 Å². The van der Waals surface area contributed by atoms with Crippen LogP contribution < -0.4 is 9.80 Å². The third kappa shape index (κ3) is 1.86. The summed E-state index contributed by atoms with van der Waals surface area (Å²) in [6, 6.07) is 19.8. The molecule has 0 bridgehead atoms. The first-order chi connectivity index (χ1) is 13.4. The maximum absolute atomic E-state index is 8.06. The van der Waals surface area contributed by atoms with Crippen LogP contribution in [0.1, 0.15) is 16.6 Å². The number of aryl methyl sites for hydroxylation is 1. The maximum atomic E-state index is 8.06. The normalized spacial score (nSPS) is 19.1. The molecule has 4 aromatic rings. The van der Waals surface area contributed by atoms with E-state index in [4.69, 9.17) is 8.53 Å². The fourth-order valence-electron chi connectivity index (χ4n) is 3.87. The number of benzene rings is 3. The van der Waals surface area contributed by atoms with Crippen LogP contribution in [0.15, 0.2) is 65.1 Å². The summed E-state index contributed by atoms with van der Waals surface area (Å²) in [4.78, 5) is 3.59. The average molecular weight is 331 g/mol. The second-order valence-electron chi connectivity index (χ2n) is 6.57. The van der Waals surface area contributed by atoms with Gasteiger partial charge in [0.15, 0.2) is 5.58 Å². The van der Waals surface area contributed by atoms with Gasteiger partial charge in [-0.2, -0.15) is 0 Å². The summed E-state index contributed by atoms with van der Waals surface area (Å²) in [5.74, 6) is 0. The molecule has 0 unspecified atom stereocenters. The molecule has 5 rings (SSSR count). The summed E-state index contributed by atoms with van der Waals surface area (Å²) in [5, 5.41) is 2.10. The fraction of sp³-hybridized carbons (Fsp3) is 0.182. The van der Waals surface area contributed by atoms with Crippen molar-refractivity contribution in [2.45, 2.75) is 20.0 Å². The van der Waals surface area contributed by atoms with Crippen molar-refractivity contribution in [3.8, 4) is 0 Å². The van der Waals surface area contributed by atoms with Crippen molar-refractivity contribution in [3.05, 3.63) is 66.2 Å². The number of hydrogen-bond acceptors (Lipinski definition) is 3. The molecule has 0 amide bonds. The van der Waals surface area contributed by atoms with Crippen molar-refractivity contribution >= 4 is 39.0 Å². The first-order valence-corrected chi connectivity index (χ1v) is 8.46. The van der Waals surface area contributed by atoms with Gasteiger partial charge in [-0.15, -0.1) is 0 Å². The van der Waals surface area contributed by atoms with Gasteiger partial charge in [0.25, 0.3) is 0 Å². The number of para-hydroxylation sites is 3. The van der Waals surface area contributed by atoms with Gasteiger partial charge in [0, 0.05) is 21.9 Å². The molecule has 1 atom stereocenters. The summed E-state index contributed by atoms with van der Waals surface area (Å²) in [6.07, 6.45) is -0.373. The first kappa shape index (κ1) is 11.6. The van der Waals surface area contributed by atoms with E-state index in [-0.39, 0.29) is 6.17 Å². The summed E-state index contributed by atoms with van der Waals surface area (Å²) in [7, 11) is 0. The van der Waals surface area contributed by atoms with Gasteiger partial charge in [-0.3, -0.25) is 0 Å². The van der Waals surface area contributed by atoms with Crippen LogP contribution in [0.3, 0.4) is 0 Å². The Morgan fingerprint density at radius 1 is 0.920 bits per heavy atom. The number of fused-ring (bicyclic) bond motifs is 4. The molecular formula is C22H20N2O. The summed E-state index contributed by atoms with van der Waals surface area (Å²) >= 11 is 0. The molecule has 1 aliphatic rings. The Hall–Kier alpha value is -2.94. The standard InChI is InChI=1S/C22H20N2O/c1-14-12-13-17-16-8-4-7-11-20(16)25-22(17)21(14)24-15(2)23(3)18-9-5-6-10-19(18)24/h4-13,15H,1-3H3/t15-/m0/s1/i3D3. The topological polar surface area (TPSA) is 19.6 Å². The lowest BCUT2D eigenvalue weighted by atomic mass is 10.1. The highest BCUT2D eigenvalue weighted by Crippen LogP contribution is 2.47. The Balaban J connectivity index is 1.82. The van der Waals surface area contributed by atoms with Crippen LogP contribution in [0.2, 0.25) is 0 Å². The van der Waals surface area contributed by atoms with E-state index in [9.17, 15) is 0 Å². The second-order valence-corrected chi connectivity index (χ2v) is 6.57. The van der Waals surface area contributed by atoms with Crippen molar-refractivity contribution < 1.29 is 8.53 Å². The minimum atomic E-state index is -2.24. The predicted octanol–water partition coefficient (Wildman–Crippen LogP) is 5.83. The van der Waals surface area contributed by atoms with Crippen LogP contribution in [0, 0.1) is 6.92 Å². The number of anilines is 3. The van der Waals surface area contributed by atoms with E-state index in [0.29, 0.717) is 5.69 Å². The molecule has 0 N–H and O–H groups in total. The summed E-state index contributed by atoms with van der Waals surface area (Å²) in [5.41, 5.74) is 5.16. The quantitative estimate of drug-likeness (QED) is 0.437. The average Bonchev–Trinajstić information content (AvgIpc) is 3.16. The van der Waals surface area contributed by atoms with Gasteiger partial charge in [0.05, 0.1) is 17.1 Å². The van der Waals surface area contributed by atoms with E-state index in [0.717, 1.165) is 38.9 Å². The zero-order chi connectivity index (χ0) is 19.6. The van der Waals surface area contributed by atoms with Gasteiger partial charge in [-0.05, 0) is 37.6 Å². The largest absolute Gasteiger partial charge is 0.454 e. The number of rotatable bonds is 1. The fourth-order valence-corrected chi connectivity index (χ4v) is 3.87. The minimum absolute atomic E-state index is 0.373. The van der Waals surface area contributed by atoms with E-state index in [1.165, 1.54) is 4.90 Å². The van der Waals surface area contributed by atoms with Gasteiger partial charge < -0.3 is 14.2 Å². The number of hydrogen-bond donors (Lipinski definition) is 0. The molecule has 0 saturated carbocycles. The third-order valence-corrected chi connectivity index (χ3v) is 5.11. The molecule has 3 heteroatoms. The van der Waals surface area contributed by atoms with Crippen LogP contribution >= 0.6 is 0 Å². The Morgan fingerprint density at radius 3 is 2.52 bits per heavy atom. The van der Waals surface area contributed by atoms with Crippen molar-refractivity contribution in [2.75, 3.05) is 16.8 Å². The Morgan fingerprint density at radius 2 is 1.68 bits per heavy atom. The zero-order valence-electron chi connectivity index (χ0n) is 17.2. The molecule has 1 aliphatic heterocycles. The highest BCUT2D eigenvalue weighted by atomic mass is 16.3. The van der Waals surface area contributed by atoms with Crippen molar-refractivity contribution in [2.24, 2.45) is 0 Å². The highest BCUT2D eigenvalue weighted by Gasteiger charge is 2.33. The molecule has 0 saturated heterocycles. The van der Waals surface area contributed by atoms with Gasteiger partial charge >= 0.3 is 0 Å². The molecule has 0 radical (unpaired) electrons. The maximum Gasteiger partial charge on any atom is 0.159 e. The molecule has 0 fully saturated rings. The van der Waals surface area contributed by atoms with Gasteiger partial charge in [0.2, 0.25) is 0 Å². The van der Waals surface area contributed by atoms with E-state index in [1.54, 1.807) is 0 Å². The third-order valence-electron chi connectivity index (χ3n) is 5.11. The highest BCUT2D eigenvalue weighted by molar-refractivity contribution is 6.10. The molecule has 124 valence electrons. The van der Waals surface area contributed by atoms with Crippen molar-refractivity contribution in [3.63, 3.8) is 0 Å². The first-order valence-electron chi connectivity index (χ1n) is 9.96. The molecular weight excluding hydrogens is 308 g/mol. The molecule has 25 heavy (non-hydrogen) atoms. The lowest BCUT2D eigenvalue weighted by Gasteiger charge is -2.29. The predicted molar refractivity (Wildman–Crippen MR) is 105 cm³/mol. The van der Waals surface area contributed by atoms with Crippen molar-refractivity contribution in [1.29, 1.82) is 0 Å². The summed E-state index contributed by atoms with van der Waals surface area (Å²) < 4.78 is 30.4. The van der Waals surface area contributed by atoms with Crippen LogP contribution in [0.5, 0.6) is 0 Å². The SMILES string of the molecule is [2H]C([2H])([2H])N1c2ccccc2N(c2c(C)ccc3c2oc2ccccc23)[C@H]1C. The van der Waals surface area contributed by atoms with Crippen LogP contribution in [0.4, 0.5) is 17.1 Å². The zero-order valence-corrected chi connectivity index (χ0v) is 14.2. The van der Waals surface area contributed by atoms with E-state index in [1.807, 2.05) is 56.3 Å². The van der Waals surface area contributed by atoms with E-state index >= 15 is 0 Å². The molecule has 3 aromatic carbocycles. The second kappa shape index (κ2) is 5.03. The number of nitrogens with zero attached hydrogens (tertiary/aromatic N) is 2. The Bertz CT molecular complexity index is 1210. The smallest absolute Gasteiger partial charge is 0.159 e. The van der Waals surface area contributed by atoms with Gasteiger partial charge in [-0.25, -0.2) is 0 Å². The van der Waals surface area contributed by atoms with E-state index in [2.05, 4.69) is 23.1 Å². The van der Waals surface area contributed by atoms with Crippen molar-refractivity contribution in [1.82, 2.24) is 0 Å². The van der Waals surface area contributed by atoms with Crippen LogP contribution in [-0.2, 0) is 0 Å².